The van der Waals surface area contributed by atoms with Gasteiger partial charge in [0.2, 0.25) is 0 Å². The maximum atomic E-state index is 13.2. The fourth-order valence-electron chi connectivity index (χ4n) is 3.29. The zero-order valence-corrected chi connectivity index (χ0v) is 16.4. The number of carbonyl (C=O) groups is 1. The Labute approximate surface area is 171 Å². The summed E-state index contributed by atoms with van der Waals surface area (Å²) in [5, 5.41) is 11.4. The number of anilines is 3. The second-order valence-corrected chi connectivity index (χ2v) is 7.26. The third kappa shape index (κ3) is 3.21. The minimum absolute atomic E-state index is 0.278. The van der Waals surface area contributed by atoms with Crippen LogP contribution in [0.3, 0.4) is 0 Å². The highest BCUT2D eigenvalue weighted by atomic mass is 35.5. The second-order valence-electron chi connectivity index (χ2n) is 6.44. The summed E-state index contributed by atoms with van der Waals surface area (Å²) in [4.78, 5) is 13.2. The maximum Gasteiger partial charge on any atom is 0.255 e. The van der Waals surface area contributed by atoms with Crippen LogP contribution < -0.4 is 16.4 Å². The third-order valence-corrected chi connectivity index (χ3v) is 5.36. The van der Waals surface area contributed by atoms with Crippen LogP contribution in [0.1, 0.15) is 18.5 Å². The predicted octanol–water partition coefficient (Wildman–Crippen LogP) is 4.70. The molecular weight excluding hydrogens is 397 g/mol. The molecule has 1 aliphatic rings. The van der Waals surface area contributed by atoms with Crippen LogP contribution in [0.2, 0.25) is 10.0 Å². The van der Waals surface area contributed by atoms with Gasteiger partial charge in [0.25, 0.3) is 5.91 Å². The second kappa shape index (κ2) is 7.22. The standard InChI is InChI=1S/C20H17Cl2N5O/c1-11-18(20(28)26-16-5-3-2-4-15(16)23)19(27-17(25-11)8-9-24-27)12-6-7-13(21)14(22)10-12/h2-10,19,25H,23H2,1H3,(H,26,28). The SMILES string of the molecule is CC1=C(C(=O)Nc2ccccc2N)C(c2ccc(Cl)c(Cl)c2)n2nccc2N1. The molecular formula is C20H17Cl2N5O. The Morgan fingerprint density at radius 1 is 1.18 bits per heavy atom. The molecule has 1 aromatic heterocycles. The van der Waals surface area contributed by atoms with Crippen LogP contribution in [0.25, 0.3) is 0 Å². The lowest BCUT2D eigenvalue weighted by Crippen LogP contribution is -2.31. The number of carbonyl (C=O) groups excluding carboxylic acids is 1. The lowest BCUT2D eigenvalue weighted by Gasteiger charge is -2.30. The maximum absolute atomic E-state index is 13.2. The largest absolute Gasteiger partial charge is 0.397 e. The van der Waals surface area contributed by atoms with Gasteiger partial charge in [0.15, 0.2) is 0 Å². The Bertz CT molecular complexity index is 1110. The fourth-order valence-corrected chi connectivity index (χ4v) is 3.60. The molecule has 2 aromatic carbocycles. The number of rotatable bonds is 3. The van der Waals surface area contributed by atoms with E-state index in [0.29, 0.717) is 27.0 Å². The van der Waals surface area contributed by atoms with Crippen LogP contribution in [-0.4, -0.2) is 15.7 Å². The molecule has 1 atom stereocenters. The molecule has 3 aromatic rings. The Balaban J connectivity index is 1.79. The number of nitrogens with one attached hydrogen (secondary N) is 2. The van der Waals surface area contributed by atoms with Gasteiger partial charge < -0.3 is 16.4 Å². The summed E-state index contributed by atoms with van der Waals surface area (Å²) < 4.78 is 1.75. The van der Waals surface area contributed by atoms with Crippen molar-refractivity contribution in [3.8, 4) is 0 Å². The van der Waals surface area contributed by atoms with Crippen LogP contribution in [0.5, 0.6) is 0 Å². The van der Waals surface area contributed by atoms with Crippen molar-refractivity contribution in [2.24, 2.45) is 0 Å². The van der Waals surface area contributed by atoms with Crippen molar-refractivity contribution in [3.05, 3.63) is 81.6 Å². The van der Waals surface area contributed by atoms with Gasteiger partial charge in [-0.25, -0.2) is 4.68 Å². The monoisotopic (exact) mass is 413 g/mol. The quantitative estimate of drug-likeness (QED) is 0.543. The molecule has 0 fully saturated rings. The average molecular weight is 414 g/mol. The molecule has 1 amide bonds. The fraction of sp³-hybridized carbons (Fsp3) is 0.100. The number of amides is 1. The van der Waals surface area contributed by atoms with Gasteiger partial charge >= 0.3 is 0 Å². The van der Waals surface area contributed by atoms with Crippen LogP contribution in [0.15, 0.2) is 66.0 Å². The van der Waals surface area contributed by atoms with Gasteiger partial charge in [0.1, 0.15) is 11.9 Å². The van der Waals surface area contributed by atoms with Gasteiger partial charge in [0, 0.05) is 11.8 Å². The number of para-hydroxylation sites is 2. The number of nitrogens with zero attached hydrogens (tertiary/aromatic N) is 2. The van der Waals surface area contributed by atoms with Gasteiger partial charge in [0.05, 0.1) is 33.2 Å². The van der Waals surface area contributed by atoms with Crippen molar-refractivity contribution in [2.75, 3.05) is 16.4 Å². The molecule has 0 spiro atoms. The Hall–Kier alpha value is -2.96. The average Bonchev–Trinajstić information content (AvgIpc) is 3.12. The first-order valence-corrected chi connectivity index (χ1v) is 9.33. The molecule has 4 N–H and O–H groups in total. The van der Waals surface area contributed by atoms with E-state index in [0.717, 1.165) is 17.1 Å². The highest BCUT2D eigenvalue weighted by Gasteiger charge is 2.33. The summed E-state index contributed by atoms with van der Waals surface area (Å²) in [7, 11) is 0. The van der Waals surface area contributed by atoms with E-state index < -0.39 is 6.04 Å². The first-order chi connectivity index (χ1) is 13.5. The molecule has 0 saturated carbocycles. The molecule has 6 nitrogen and oxygen atoms in total. The third-order valence-electron chi connectivity index (χ3n) is 4.62. The van der Waals surface area contributed by atoms with Gasteiger partial charge in [-0.2, -0.15) is 5.10 Å². The summed E-state index contributed by atoms with van der Waals surface area (Å²) in [6, 6.07) is 13.8. The first kappa shape index (κ1) is 18.4. The zero-order chi connectivity index (χ0) is 19.8. The smallest absolute Gasteiger partial charge is 0.255 e. The van der Waals surface area contributed by atoms with Crippen molar-refractivity contribution in [1.29, 1.82) is 0 Å². The number of aromatic nitrogens is 2. The van der Waals surface area contributed by atoms with Crippen LogP contribution in [0, 0.1) is 0 Å². The molecule has 28 heavy (non-hydrogen) atoms. The topological polar surface area (TPSA) is 85.0 Å². The van der Waals surface area contributed by atoms with E-state index in [4.69, 9.17) is 28.9 Å². The molecule has 0 radical (unpaired) electrons. The van der Waals surface area contributed by atoms with Crippen molar-refractivity contribution < 1.29 is 4.79 Å². The van der Waals surface area contributed by atoms with E-state index in [1.807, 2.05) is 31.2 Å². The minimum atomic E-state index is -0.467. The highest BCUT2D eigenvalue weighted by Crippen LogP contribution is 2.38. The number of hydrogen-bond donors (Lipinski definition) is 3. The molecule has 8 heteroatoms. The number of fused-ring (bicyclic) bond motifs is 1. The van der Waals surface area contributed by atoms with E-state index in [1.165, 1.54) is 0 Å². The van der Waals surface area contributed by atoms with Crippen molar-refractivity contribution in [2.45, 2.75) is 13.0 Å². The van der Waals surface area contributed by atoms with Crippen molar-refractivity contribution in [3.63, 3.8) is 0 Å². The van der Waals surface area contributed by atoms with E-state index in [9.17, 15) is 4.79 Å². The van der Waals surface area contributed by atoms with Gasteiger partial charge in [-0.3, -0.25) is 4.79 Å². The van der Waals surface area contributed by atoms with Gasteiger partial charge in [-0.15, -0.1) is 0 Å². The number of hydrogen-bond acceptors (Lipinski definition) is 4. The molecule has 0 saturated heterocycles. The summed E-state index contributed by atoms with van der Waals surface area (Å²) >= 11 is 12.3. The summed E-state index contributed by atoms with van der Waals surface area (Å²) in [5.41, 5.74) is 9.05. The highest BCUT2D eigenvalue weighted by molar-refractivity contribution is 6.42. The van der Waals surface area contributed by atoms with E-state index in [-0.39, 0.29) is 5.91 Å². The molecule has 1 aliphatic heterocycles. The van der Waals surface area contributed by atoms with Crippen LogP contribution in [0.4, 0.5) is 17.2 Å². The molecule has 1 unspecified atom stereocenters. The summed E-state index contributed by atoms with van der Waals surface area (Å²) in [5.74, 6) is 0.504. The van der Waals surface area contributed by atoms with Gasteiger partial charge in [-0.1, -0.05) is 41.4 Å². The Morgan fingerprint density at radius 2 is 1.96 bits per heavy atom. The number of allylic oxidation sites excluding steroid dienone is 1. The lowest BCUT2D eigenvalue weighted by molar-refractivity contribution is -0.113. The summed E-state index contributed by atoms with van der Waals surface area (Å²) in [6.07, 6.45) is 1.68. The Kier molecular flexibility index (Phi) is 4.75. The van der Waals surface area contributed by atoms with Crippen LogP contribution in [-0.2, 0) is 4.79 Å². The predicted molar refractivity (Wildman–Crippen MR) is 113 cm³/mol. The first-order valence-electron chi connectivity index (χ1n) is 8.58. The van der Waals surface area contributed by atoms with E-state index in [2.05, 4.69) is 15.7 Å². The van der Waals surface area contributed by atoms with E-state index in [1.54, 1.807) is 35.1 Å². The van der Waals surface area contributed by atoms with Gasteiger partial charge in [-0.05, 0) is 36.8 Å². The molecule has 0 aliphatic carbocycles. The number of benzene rings is 2. The van der Waals surface area contributed by atoms with Crippen molar-refractivity contribution >= 4 is 46.3 Å². The molecule has 0 bridgehead atoms. The number of nitrogens with two attached hydrogens (primary N) is 1. The van der Waals surface area contributed by atoms with Crippen molar-refractivity contribution in [1.82, 2.24) is 9.78 Å². The molecule has 142 valence electrons. The molecule has 2 heterocycles. The Morgan fingerprint density at radius 3 is 2.71 bits per heavy atom. The normalized spacial score (nSPS) is 15.8. The zero-order valence-electron chi connectivity index (χ0n) is 14.9. The van der Waals surface area contributed by atoms with E-state index >= 15 is 0 Å². The molecule has 4 rings (SSSR count). The lowest BCUT2D eigenvalue weighted by atomic mass is 9.94. The van der Waals surface area contributed by atoms with Crippen LogP contribution >= 0.6 is 23.2 Å². The summed E-state index contributed by atoms with van der Waals surface area (Å²) in [6.45, 7) is 1.85. The number of nitrogen functional groups attached to an aromatic ring is 1. The number of halogens is 2. The minimum Gasteiger partial charge on any atom is -0.397 e.